The lowest BCUT2D eigenvalue weighted by atomic mass is 10.1. The first-order valence-electron chi connectivity index (χ1n) is 3.08. The molecule has 0 aliphatic heterocycles. The number of aryl methyl sites for hydroxylation is 1. The third-order valence-electron chi connectivity index (χ3n) is 1.34. The topological polar surface area (TPSA) is 0 Å². The molecule has 0 unspecified atom stereocenters. The van der Waals surface area contributed by atoms with E-state index in [4.69, 9.17) is 0 Å². The van der Waals surface area contributed by atoms with Crippen molar-refractivity contribution >= 4 is 10.2 Å². The van der Waals surface area contributed by atoms with E-state index in [0.29, 0.717) is 0 Å². The molecule has 0 saturated carbocycles. The van der Waals surface area contributed by atoms with Gasteiger partial charge in [-0.05, 0) is 18.6 Å². The van der Waals surface area contributed by atoms with Crippen molar-refractivity contribution in [3.05, 3.63) is 35.4 Å². The van der Waals surface area contributed by atoms with Gasteiger partial charge in [-0.2, -0.15) is 0 Å². The van der Waals surface area contributed by atoms with E-state index in [1.54, 1.807) is 0 Å². The fourth-order valence-corrected chi connectivity index (χ4v) is 0.915. The molecule has 0 N–H and O–H groups in total. The second-order valence-corrected chi connectivity index (χ2v) is 2.31. The first-order chi connectivity index (χ1) is 4.84. The molecule has 0 atom stereocenters. The van der Waals surface area contributed by atoms with Crippen molar-refractivity contribution in [2.75, 3.05) is 0 Å². The monoisotopic (exact) mass is 143 g/mol. The summed E-state index contributed by atoms with van der Waals surface area (Å²) in [5.41, 5.74) is 4.98. The first kappa shape index (κ1) is 7.11. The van der Waals surface area contributed by atoms with Crippen LogP contribution in [0.1, 0.15) is 11.1 Å². The molecule has 1 rings (SSSR count). The van der Waals surface area contributed by atoms with Gasteiger partial charge < -0.3 is 0 Å². The molecule has 3 radical (unpaired) electrons. The van der Waals surface area contributed by atoms with Crippen molar-refractivity contribution in [1.29, 1.82) is 0 Å². The van der Waals surface area contributed by atoms with Gasteiger partial charge in [0.05, 0.1) is 0 Å². The van der Waals surface area contributed by atoms with Gasteiger partial charge in [0.25, 0.3) is 0 Å². The van der Waals surface area contributed by atoms with Crippen LogP contribution >= 0.6 is 0 Å². The summed E-state index contributed by atoms with van der Waals surface area (Å²) in [6, 6.07) is 8.04. The molecule has 0 aliphatic carbocycles. The molecular formula is C9H7Si. The molecule has 0 saturated heterocycles. The maximum atomic E-state index is 3.10. The van der Waals surface area contributed by atoms with Crippen LogP contribution in [0.3, 0.4) is 0 Å². The summed E-state index contributed by atoms with van der Waals surface area (Å²) in [6.45, 7) is 2.05. The smallest absolute Gasteiger partial charge is 0.133 e. The molecule has 1 heteroatoms. The lowest BCUT2D eigenvalue weighted by molar-refractivity contribution is 1.44. The van der Waals surface area contributed by atoms with E-state index in [2.05, 4.69) is 21.7 Å². The lowest BCUT2D eigenvalue weighted by Gasteiger charge is -1.93. The van der Waals surface area contributed by atoms with Crippen LogP contribution < -0.4 is 0 Å². The third kappa shape index (κ3) is 1.49. The zero-order valence-corrected chi connectivity index (χ0v) is 6.81. The average Bonchev–Trinajstić information content (AvgIpc) is 1.94. The predicted octanol–water partition coefficient (Wildman–Crippen LogP) is 1.47. The van der Waals surface area contributed by atoms with Gasteiger partial charge in [-0.1, -0.05) is 24.1 Å². The van der Waals surface area contributed by atoms with E-state index < -0.39 is 0 Å². The highest BCUT2D eigenvalue weighted by atomic mass is 28.1. The zero-order chi connectivity index (χ0) is 7.40. The lowest BCUT2D eigenvalue weighted by Crippen LogP contribution is -1.78. The molecule has 1 aromatic rings. The zero-order valence-electron chi connectivity index (χ0n) is 5.81. The first-order valence-corrected chi connectivity index (χ1v) is 3.58. The van der Waals surface area contributed by atoms with Gasteiger partial charge in [-0.25, -0.2) is 0 Å². The van der Waals surface area contributed by atoms with Crippen LogP contribution in [0.4, 0.5) is 0 Å². The average molecular weight is 143 g/mol. The number of benzene rings is 1. The highest BCUT2D eigenvalue weighted by molar-refractivity contribution is 6.22. The summed E-state index contributed by atoms with van der Waals surface area (Å²) in [7, 11) is 3.10. The van der Waals surface area contributed by atoms with Gasteiger partial charge in [-0.3, -0.25) is 0 Å². The van der Waals surface area contributed by atoms with Gasteiger partial charge in [0.2, 0.25) is 0 Å². The molecule has 0 spiro atoms. The van der Waals surface area contributed by atoms with Crippen LogP contribution in [0, 0.1) is 18.4 Å². The van der Waals surface area contributed by atoms with E-state index >= 15 is 0 Å². The SMILES string of the molecule is Cc1ccccc1C#C[Si]. The maximum absolute atomic E-state index is 3.10. The molecular weight excluding hydrogens is 136 g/mol. The fourth-order valence-electron chi connectivity index (χ4n) is 0.780. The van der Waals surface area contributed by atoms with Crippen LogP contribution in [0.2, 0.25) is 0 Å². The second-order valence-electron chi connectivity index (χ2n) is 2.06. The standard InChI is InChI=1S/C9H7Si/c1-8-4-2-3-5-9(8)6-7-10/h2-5H,1H3. The number of hydrogen-bond donors (Lipinski definition) is 0. The van der Waals surface area contributed by atoms with E-state index in [9.17, 15) is 0 Å². The highest BCUT2D eigenvalue weighted by Gasteiger charge is 1.88. The molecule has 0 amide bonds. The Morgan fingerprint density at radius 3 is 2.60 bits per heavy atom. The maximum Gasteiger partial charge on any atom is 0.147 e. The Kier molecular flexibility index (Phi) is 2.30. The summed E-state index contributed by atoms with van der Waals surface area (Å²) in [5.74, 6) is 2.94. The Hall–Kier alpha value is -1.00. The van der Waals surface area contributed by atoms with Crippen molar-refractivity contribution in [2.24, 2.45) is 0 Å². The van der Waals surface area contributed by atoms with Gasteiger partial charge in [0, 0.05) is 5.56 Å². The molecule has 47 valence electrons. The Morgan fingerprint density at radius 2 is 2.00 bits per heavy atom. The van der Waals surface area contributed by atoms with E-state index in [1.807, 2.05) is 31.2 Å². The van der Waals surface area contributed by atoms with Crippen LogP contribution in [0.5, 0.6) is 0 Å². The highest BCUT2D eigenvalue weighted by Crippen LogP contribution is 2.03. The minimum atomic E-state index is 1.08. The molecule has 0 fully saturated rings. The van der Waals surface area contributed by atoms with Crippen LogP contribution in [0.25, 0.3) is 0 Å². The van der Waals surface area contributed by atoms with Crippen molar-refractivity contribution in [3.8, 4) is 11.5 Å². The Bertz CT molecular complexity index is 278. The van der Waals surface area contributed by atoms with Gasteiger partial charge >= 0.3 is 0 Å². The summed E-state index contributed by atoms with van der Waals surface area (Å²) >= 11 is 0. The van der Waals surface area contributed by atoms with Crippen LogP contribution in [-0.4, -0.2) is 10.2 Å². The number of hydrogen-bond acceptors (Lipinski definition) is 0. The van der Waals surface area contributed by atoms with Gasteiger partial charge in [-0.15, -0.1) is 5.54 Å². The van der Waals surface area contributed by atoms with E-state index in [1.165, 1.54) is 5.56 Å². The largest absolute Gasteiger partial charge is 0.147 e. The summed E-state index contributed by atoms with van der Waals surface area (Å²) < 4.78 is 0. The van der Waals surface area contributed by atoms with Crippen molar-refractivity contribution in [2.45, 2.75) is 6.92 Å². The molecule has 0 heterocycles. The molecule has 0 nitrogen and oxygen atoms in total. The molecule has 1 aromatic carbocycles. The Labute approximate surface area is 64.7 Å². The number of rotatable bonds is 0. The summed E-state index contributed by atoms with van der Waals surface area (Å²) in [4.78, 5) is 0. The van der Waals surface area contributed by atoms with Crippen LogP contribution in [0.15, 0.2) is 24.3 Å². The van der Waals surface area contributed by atoms with Crippen LogP contribution in [-0.2, 0) is 0 Å². The van der Waals surface area contributed by atoms with E-state index in [-0.39, 0.29) is 0 Å². The van der Waals surface area contributed by atoms with Crippen molar-refractivity contribution in [3.63, 3.8) is 0 Å². The van der Waals surface area contributed by atoms with E-state index in [0.717, 1.165) is 5.56 Å². The molecule has 10 heavy (non-hydrogen) atoms. The molecule has 0 aromatic heterocycles. The molecule has 0 aliphatic rings. The summed E-state index contributed by atoms with van der Waals surface area (Å²) in [5, 5.41) is 0. The minimum absolute atomic E-state index is 1.08. The normalized spacial score (nSPS) is 8.20. The quantitative estimate of drug-likeness (QED) is 0.381. The Morgan fingerprint density at radius 1 is 1.30 bits per heavy atom. The second kappa shape index (κ2) is 3.24. The predicted molar refractivity (Wildman–Crippen MR) is 43.8 cm³/mol. The Balaban J connectivity index is 3.11. The van der Waals surface area contributed by atoms with Gasteiger partial charge in [0.1, 0.15) is 10.2 Å². The van der Waals surface area contributed by atoms with Gasteiger partial charge in [0.15, 0.2) is 0 Å². The van der Waals surface area contributed by atoms with Crippen molar-refractivity contribution < 1.29 is 0 Å². The van der Waals surface area contributed by atoms with Crippen molar-refractivity contribution in [1.82, 2.24) is 0 Å². The summed E-state index contributed by atoms with van der Waals surface area (Å²) in [6.07, 6.45) is 0. The third-order valence-corrected chi connectivity index (χ3v) is 1.47. The fraction of sp³-hybridized carbons (Fsp3) is 0.111. The molecule has 0 bridgehead atoms. The minimum Gasteiger partial charge on any atom is -0.133 e.